The molecule has 1 aromatic carbocycles. The van der Waals surface area contributed by atoms with Gasteiger partial charge in [0.25, 0.3) is 5.91 Å². The number of hydrogen-bond donors (Lipinski definition) is 1. The van der Waals surface area contributed by atoms with Gasteiger partial charge in [0, 0.05) is 31.6 Å². The Kier molecular flexibility index (Phi) is 7.69. The van der Waals surface area contributed by atoms with E-state index in [0.717, 1.165) is 34.8 Å². The van der Waals surface area contributed by atoms with E-state index >= 15 is 0 Å². The second kappa shape index (κ2) is 9.37. The van der Waals surface area contributed by atoms with Gasteiger partial charge in [-0.05, 0) is 38.2 Å². The van der Waals surface area contributed by atoms with Gasteiger partial charge in [-0.1, -0.05) is 30.3 Å². The van der Waals surface area contributed by atoms with Gasteiger partial charge in [-0.25, -0.2) is 4.98 Å². The minimum absolute atomic E-state index is 0. The van der Waals surface area contributed by atoms with Crippen molar-refractivity contribution in [2.75, 3.05) is 7.05 Å². The van der Waals surface area contributed by atoms with Crippen LogP contribution in [0.1, 0.15) is 51.6 Å². The topological polar surface area (TPSA) is 45.2 Å². The molecule has 1 aromatic heterocycles. The molecule has 27 heavy (non-hydrogen) atoms. The van der Waals surface area contributed by atoms with Crippen LogP contribution in [0.3, 0.4) is 0 Å². The van der Waals surface area contributed by atoms with Crippen LogP contribution in [0.4, 0.5) is 0 Å². The van der Waals surface area contributed by atoms with Crippen molar-refractivity contribution >= 4 is 42.1 Å². The zero-order valence-corrected chi connectivity index (χ0v) is 18.1. The maximum absolute atomic E-state index is 13.0. The monoisotopic (exact) mass is 427 g/mol. The van der Waals surface area contributed by atoms with Gasteiger partial charge in [0.15, 0.2) is 0 Å². The van der Waals surface area contributed by atoms with E-state index in [-0.39, 0.29) is 30.7 Å². The van der Waals surface area contributed by atoms with E-state index in [2.05, 4.69) is 22.4 Å². The van der Waals surface area contributed by atoms with E-state index in [1.54, 1.807) is 11.3 Å². The van der Waals surface area contributed by atoms with Crippen molar-refractivity contribution in [1.29, 1.82) is 0 Å². The highest BCUT2D eigenvalue weighted by molar-refractivity contribution is 7.13. The number of piperidine rings is 1. The van der Waals surface area contributed by atoms with Crippen LogP contribution < -0.4 is 5.32 Å². The summed E-state index contributed by atoms with van der Waals surface area (Å²) < 4.78 is 0. The van der Waals surface area contributed by atoms with Crippen LogP contribution in [0.2, 0.25) is 0 Å². The first kappa shape index (κ1) is 22.2. The maximum atomic E-state index is 13.0. The summed E-state index contributed by atoms with van der Waals surface area (Å²) in [5.74, 6) is 0.139. The zero-order chi connectivity index (χ0) is 17.4. The van der Waals surface area contributed by atoms with E-state index in [1.165, 1.54) is 18.4 Å². The highest BCUT2D eigenvalue weighted by Gasteiger charge is 2.37. The standard InChI is InChI=1S/C20H25N3OS.2ClH/c1-13-19(25-18(21-13)10-14-6-4-3-5-7-14)20(24)23(2)17-11-15-8-9-16(12-17)22-15;;/h3-7,15-17,22H,8-12H2,1-2H3;2*1H. The van der Waals surface area contributed by atoms with E-state index in [4.69, 9.17) is 0 Å². The molecule has 1 N–H and O–H groups in total. The Morgan fingerprint density at radius 3 is 2.44 bits per heavy atom. The highest BCUT2D eigenvalue weighted by Crippen LogP contribution is 2.31. The van der Waals surface area contributed by atoms with Gasteiger partial charge in [0.05, 0.1) is 10.7 Å². The average molecular weight is 428 g/mol. The largest absolute Gasteiger partial charge is 0.338 e. The summed E-state index contributed by atoms with van der Waals surface area (Å²) in [4.78, 5) is 20.5. The predicted molar refractivity (Wildman–Crippen MR) is 116 cm³/mol. The van der Waals surface area contributed by atoms with Crippen molar-refractivity contribution < 1.29 is 4.79 Å². The van der Waals surface area contributed by atoms with Crippen LogP contribution in [0.15, 0.2) is 30.3 Å². The molecule has 4 rings (SSSR count). The minimum Gasteiger partial charge on any atom is -0.338 e. The number of benzene rings is 1. The molecule has 7 heteroatoms. The average Bonchev–Trinajstić information content (AvgIpc) is 3.15. The third kappa shape index (κ3) is 4.83. The third-order valence-corrected chi connectivity index (χ3v) is 6.69. The summed E-state index contributed by atoms with van der Waals surface area (Å²) in [5.41, 5.74) is 2.10. The van der Waals surface area contributed by atoms with Crippen molar-refractivity contribution in [3.05, 3.63) is 51.5 Å². The number of nitrogens with zero attached hydrogens (tertiary/aromatic N) is 2. The van der Waals surface area contributed by atoms with Crippen molar-refractivity contribution in [3.63, 3.8) is 0 Å². The van der Waals surface area contributed by atoms with Crippen LogP contribution in [-0.2, 0) is 6.42 Å². The number of nitrogens with one attached hydrogen (secondary N) is 1. The molecule has 2 aliphatic heterocycles. The van der Waals surface area contributed by atoms with Gasteiger partial charge in [0.1, 0.15) is 4.88 Å². The summed E-state index contributed by atoms with van der Waals surface area (Å²) in [6.45, 7) is 1.96. The van der Waals surface area contributed by atoms with Gasteiger partial charge >= 0.3 is 0 Å². The number of rotatable bonds is 4. The Morgan fingerprint density at radius 2 is 1.81 bits per heavy atom. The second-order valence-corrected chi connectivity index (χ2v) is 8.45. The summed E-state index contributed by atoms with van der Waals surface area (Å²) in [7, 11) is 1.97. The molecule has 148 valence electrons. The molecular weight excluding hydrogens is 401 g/mol. The lowest BCUT2D eigenvalue weighted by Crippen LogP contribution is -2.48. The molecule has 1 amide bonds. The Bertz CT molecular complexity index is 756. The molecule has 0 spiro atoms. The first-order chi connectivity index (χ1) is 12.1. The van der Waals surface area contributed by atoms with Gasteiger partial charge < -0.3 is 10.2 Å². The number of hydrogen-bond acceptors (Lipinski definition) is 4. The number of fused-ring (bicyclic) bond motifs is 2. The lowest BCUT2D eigenvalue weighted by Gasteiger charge is -2.35. The van der Waals surface area contributed by atoms with Gasteiger partial charge in [-0.15, -0.1) is 36.2 Å². The van der Waals surface area contributed by atoms with Crippen molar-refractivity contribution in [1.82, 2.24) is 15.2 Å². The molecule has 2 atom stereocenters. The van der Waals surface area contributed by atoms with E-state index in [0.29, 0.717) is 18.1 Å². The van der Waals surface area contributed by atoms with Crippen molar-refractivity contribution in [2.45, 2.75) is 57.2 Å². The van der Waals surface area contributed by atoms with E-state index in [1.807, 2.05) is 37.1 Å². The Morgan fingerprint density at radius 1 is 1.19 bits per heavy atom. The summed E-state index contributed by atoms with van der Waals surface area (Å²) in [6, 6.07) is 11.9. The fourth-order valence-electron chi connectivity index (χ4n) is 4.17. The number of aromatic nitrogens is 1. The maximum Gasteiger partial charge on any atom is 0.265 e. The van der Waals surface area contributed by atoms with Crippen LogP contribution in [0.25, 0.3) is 0 Å². The summed E-state index contributed by atoms with van der Waals surface area (Å²) in [5, 5.41) is 4.67. The number of aryl methyl sites for hydroxylation is 1. The molecule has 2 aromatic rings. The normalized spacial score (nSPS) is 23.3. The molecular formula is C20H27Cl2N3OS. The van der Waals surface area contributed by atoms with Crippen LogP contribution in [0.5, 0.6) is 0 Å². The molecule has 0 aliphatic carbocycles. The molecule has 3 heterocycles. The number of thiazole rings is 1. The molecule has 0 saturated carbocycles. The Hall–Kier alpha value is -1.14. The van der Waals surface area contributed by atoms with Gasteiger partial charge in [-0.3, -0.25) is 4.79 Å². The van der Waals surface area contributed by atoms with E-state index < -0.39 is 0 Å². The Balaban J connectivity index is 0.00000131. The number of carbonyl (C=O) groups is 1. The number of carbonyl (C=O) groups excluding carboxylic acids is 1. The lowest BCUT2D eigenvalue weighted by atomic mass is 9.98. The Labute approximate surface area is 177 Å². The number of amides is 1. The first-order valence-electron chi connectivity index (χ1n) is 9.13. The van der Waals surface area contributed by atoms with Gasteiger partial charge in [0.2, 0.25) is 0 Å². The summed E-state index contributed by atoms with van der Waals surface area (Å²) >= 11 is 1.55. The molecule has 0 radical (unpaired) electrons. The third-order valence-electron chi connectivity index (χ3n) is 5.55. The number of halogens is 2. The molecule has 2 unspecified atom stereocenters. The molecule has 2 fully saturated rings. The molecule has 2 aliphatic rings. The van der Waals surface area contributed by atoms with Crippen molar-refractivity contribution in [3.8, 4) is 0 Å². The minimum atomic E-state index is 0. The fraction of sp³-hybridized carbons (Fsp3) is 0.500. The SMILES string of the molecule is Cc1nc(Cc2ccccc2)sc1C(=O)N(C)C1CC2CCC(C1)N2.Cl.Cl. The molecule has 4 nitrogen and oxygen atoms in total. The zero-order valence-electron chi connectivity index (χ0n) is 15.7. The van der Waals surface area contributed by atoms with Crippen LogP contribution in [0, 0.1) is 6.92 Å². The predicted octanol–water partition coefficient (Wildman–Crippen LogP) is 4.24. The summed E-state index contributed by atoms with van der Waals surface area (Å²) in [6.07, 6.45) is 5.45. The quantitative estimate of drug-likeness (QED) is 0.793. The van der Waals surface area contributed by atoms with Crippen LogP contribution in [-0.4, -0.2) is 41.0 Å². The molecule has 2 saturated heterocycles. The van der Waals surface area contributed by atoms with Gasteiger partial charge in [-0.2, -0.15) is 0 Å². The first-order valence-corrected chi connectivity index (χ1v) is 9.95. The highest BCUT2D eigenvalue weighted by atomic mass is 35.5. The molecule has 2 bridgehead atoms. The second-order valence-electron chi connectivity index (χ2n) is 7.36. The van der Waals surface area contributed by atoms with Crippen LogP contribution >= 0.6 is 36.2 Å². The van der Waals surface area contributed by atoms with Crippen molar-refractivity contribution in [2.24, 2.45) is 0 Å². The van der Waals surface area contributed by atoms with E-state index in [9.17, 15) is 4.79 Å². The fourth-order valence-corrected chi connectivity index (χ4v) is 5.25. The lowest BCUT2D eigenvalue weighted by molar-refractivity contribution is 0.0685. The smallest absolute Gasteiger partial charge is 0.265 e.